The summed E-state index contributed by atoms with van der Waals surface area (Å²) in [6.07, 6.45) is -3.04. The minimum absolute atomic E-state index is 0.0160. The Kier molecular flexibility index (Phi) is 5.36. The minimum Gasteiger partial charge on any atom is -0.329 e. The van der Waals surface area contributed by atoms with Crippen molar-refractivity contribution < 1.29 is 27.6 Å². The number of benzene rings is 1. The van der Waals surface area contributed by atoms with E-state index >= 15 is 0 Å². The number of hydrogen-bond donors (Lipinski definition) is 1. The molecule has 0 spiro atoms. The molecule has 1 heterocycles. The number of alkyl halides is 3. The van der Waals surface area contributed by atoms with Crippen molar-refractivity contribution >= 4 is 17.8 Å². The van der Waals surface area contributed by atoms with E-state index in [9.17, 15) is 27.6 Å². The lowest BCUT2D eigenvalue weighted by Gasteiger charge is -2.31. The molecule has 29 heavy (non-hydrogen) atoms. The number of carbonyl (C=O) groups excluding carboxylic acids is 3. The summed E-state index contributed by atoms with van der Waals surface area (Å²) in [6, 6.07) is 5.58. The molecule has 1 N–H and O–H groups in total. The fourth-order valence-corrected chi connectivity index (χ4v) is 3.63. The lowest BCUT2D eigenvalue weighted by molar-refractivity contribution is -0.166. The van der Waals surface area contributed by atoms with Gasteiger partial charge in [-0.25, -0.2) is 4.79 Å². The molecule has 1 aliphatic heterocycles. The van der Waals surface area contributed by atoms with E-state index in [1.807, 2.05) is 6.92 Å². The van der Waals surface area contributed by atoms with E-state index in [0.717, 1.165) is 23.3 Å². The Morgan fingerprint density at radius 1 is 1.28 bits per heavy atom. The predicted octanol–water partition coefficient (Wildman–Crippen LogP) is 2.95. The first kappa shape index (κ1) is 21.1. The maximum absolute atomic E-state index is 13.0. The van der Waals surface area contributed by atoms with Gasteiger partial charge in [0.2, 0.25) is 5.91 Å². The Hall–Kier alpha value is -2.58. The summed E-state index contributed by atoms with van der Waals surface area (Å²) in [7, 11) is 0. The summed E-state index contributed by atoms with van der Waals surface area (Å²) in [5, 5.41) is 2.57. The Labute approximate surface area is 167 Å². The molecule has 9 heteroatoms. The first-order valence-electron chi connectivity index (χ1n) is 9.50. The Morgan fingerprint density at radius 2 is 1.86 bits per heavy atom. The fourth-order valence-electron chi connectivity index (χ4n) is 3.63. The maximum atomic E-state index is 13.0. The zero-order valence-electron chi connectivity index (χ0n) is 16.5. The third kappa shape index (κ3) is 4.38. The predicted molar refractivity (Wildman–Crippen MR) is 98.7 cm³/mol. The number of urea groups is 1. The second-order valence-corrected chi connectivity index (χ2v) is 8.03. The van der Waals surface area contributed by atoms with Crippen LogP contribution in [0.15, 0.2) is 24.3 Å². The van der Waals surface area contributed by atoms with Gasteiger partial charge in [0, 0.05) is 6.04 Å². The van der Waals surface area contributed by atoms with Crippen LogP contribution in [0.2, 0.25) is 0 Å². The summed E-state index contributed by atoms with van der Waals surface area (Å²) < 4.78 is 39.0. The molecule has 4 amide bonds. The van der Waals surface area contributed by atoms with Crippen molar-refractivity contribution in [3.05, 3.63) is 35.4 Å². The number of nitrogens with one attached hydrogen (secondary N) is 1. The molecule has 1 saturated heterocycles. The van der Waals surface area contributed by atoms with Crippen LogP contribution in [0, 0.1) is 12.8 Å². The topological polar surface area (TPSA) is 69.7 Å². The van der Waals surface area contributed by atoms with Crippen molar-refractivity contribution in [3.8, 4) is 0 Å². The smallest absolute Gasteiger partial charge is 0.329 e. The molecule has 2 fully saturated rings. The number of rotatable bonds is 6. The van der Waals surface area contributed by atoms with Crippen molar-refractivity contribution in [2.75, 3.05) is 13.1 Å². The number of amides is 4. The van der Waals surface area contributed by atoms with Crippen LogP contribution in [-0.2, 0) is 15.1 Å². The summed E-state index contributed by atoms with van der Waals surface area (Å²) in [6.45, 7) is 2.84. The third-order valence-electron chi connectivity index (χ3n) is 5.66. The van der Waals surface area contributed by atoms with Crippen LogP contribution in [0.4, 0.5) is 18.0 Å². The minimum atomic E-state index is -4.56. The zero-order valence-corrected chi connectivity index (χ0v) is 16.5. The van der Waals surface area contributed by atoms with E-state index in [4.69, 9.17) is 0 Å². The zero-order chi connectivity index (χ0) is 21.6. The number of carbonyl (C=O) groups is 3. The molecule has 6 nitrogen and oxygen atoms in total. The molecule has 1 aliphatic carbocycles. The summed E-state index contributed by atoms with van der Waals surface area (Å²) >= 11 is 0. The van der Waals surface area contributed by atoms with Gasteiger partial charge in [-0.2, -0.15) is 13.2 Å². The van der Waals surface area contributed by atoms with Crippen molar-refractivity contribution in [1.29, 1.82) is 0 Å². The average Bonchev–Trinajstić information content (AvgIpc) is 3.44. The van der Waals surface area contributed by atoms with Gasteiger partial charge in [0.1, 0.15) is 18.6 Å². The molecule has 2 atom stereocenters. The SMILES string of the molecule is Cc1ccc([C@]2(C)NC(=O)N(CC(=O)N(CC(F)(F)F)[C@@H](C)C3CC3)C2=O)cc1. The average molecular weight is 411 g/mol. The number of halogens is 3. The van der Waals surface area contributed by atoms with Crippen LogP contribution in [0.25, 0.3) is 0 Å². The van der Waals surface area contributed by atoms with Gasteiger partial charge in [0.05, 0.1) is 0 Å². The highest BCUT2D eigenvalue weighted by Gasteiger charge is 2.50. The standard InChI is InChI=1S/C20H24F3N3O3/c1-12-4-8-15(9-5-12)19(3)17(28)25(18(29)24-19)10-16(27)26(11-20(21,22)23)13(2)14-6-7-14/h4-5,8-9,13-14H,6-7,10-11H2,1-3H3,(H,24,29)/t13-,19-/m0/s1. The first-order valence-corrected chi connectivity index (χ1v) is 9.50. The molecular weight excluding hydrogens is 387 g/mol. The molecular formula is C20H24F3N3O3. The number of aryl methyl sites for hydroxylation is 1. The van der Waals surface area contributed by atoms with Crippen LogP contribution < -0.4 is 5.32 Å². The molecule has 1 saturated carbocycles. The third-order valence-corrected chi connectivity index (χ3v) is 5.66. The summed E-state index contributed by atoms with van der Waals surface area (Å²) in [4.78, 5) is 39.5. The second kappa shape index (κ2) is 7.35. The normalized spacial score (nSPS) is 23.2. The van der Waals surface area contributed by atoms with E-state index in [0.29, 0.717) is 10.5 Å². The van der Waals surface area contributed by atoms with Gasteiger partial charge in [0.15, 0.2) is 0 Å². The van der Waals surface area contributed by atoms with Crippen molar-refractivity contribution in [3.63, 3.8) is 0 Å². The highest BCUT2D eigenvalue weighted by molar-refractivity contribution is 6.09. The van der Waals surface area contributed by atoms with Gasteiger partial charge in [-0.3, -0.25) is 14.5 Å². The Bertz CT molecular complexity index is 821. The lowest BCUT2D eigenvalue weighted by atomic mass is 9.91. The van der Waals surface area contributed by atoms with Crippen molar-refractivity contribution in [2.45, 2.75) is 51.4 Å². The van der Waals surface area contributed by atoms with Gasteiger partial charge in [0.25, 0.3) is 5.91 Å². The molecule has 0 radical (unpaired) electrons. The Balaban J connectivity index is 1.78. The van der Waals surface area contributed by atoms with Crippen molar-refractivity contribution in [1.82, 2.24) is 15.1 Å². The monoisotopic (exact) mass is 411 g/mol. The second-order valence-electron chi connectivity index (χ2n) is 8.03. The highest BCUT2D eigenvalue weighted by atomic mass is 19.4. The lowest BCUT2D eigenvalue weighted by Crippen LogP contribution is -2.50. The van der Waals surface area contributed by atoms with Gasteiger partial charge >= 0.3 is 12.2 Å². The Morgan fingerprint density at radius 3 is 2.38 bits per heavy atom. The van der Waals surface area contributed by atoms with Gasteiger partial charge in [-0.15, -0.1) is 0 Å². The van der Waals surface area contributed by atoms with E-state index in [1.54, 1.807) is 31.2 Å². The van der Waals surface area contributed by atoms with Crippen LogP contribution in [-0.4, -0.2) is 53.0 Å². The molecule has 0 unspecified atom stereocenters. The van der Waals surface area contributed by atoms with Crippen LogP contribution in [0.5, 0.6) is 0 Å². The van der Waals surface area contributed by atoms with E-state index in [2.05, 4.69) is 5.32 Å². The maximum Gasteiger partial charge on any atom is 0.406 e. The quantitative estimate of drug-likeness (QED) is 0.732. The molecule has 2 aliphatic rings. The number of hydrogen-bond acceptors (Lipinski definition) is 3. The first-order chi connectivity index (χ1) is 13.4. The molecule has 1 aromatic carbocycles. The van der Waals surface area contributed by atoms with E-state index in [1.165, 1.54) is 6.92 Å². The van der Waals surface area contributed by atoms with E-state index < -0.39 is 48.7 Å². The highest BCUT2D eigenvalue weighted by Crippen LogP contribution is 2.36. The van der Waals surface area contributed by atoms with Gasteiger partial charge in [-0.05, 0) is 45.1 Å². The molecule has 1 aromatic rings. The van der Waals surface area contributed by atoms with E-state index in [-0.39, 0.29) is 5.92 Å². The number of imide groups is 1. The van der Waals surface area contributed by atoms with Crippen LogP contribution in [0.1, 0.15) is 37.8 Å². The fraction of sp³-hybridized carbons (Fsp3) is 0.550. The van der Waals surface area contributed by atoms with Crippen LogP contribution >= 0.6 is 0 Å². The number of nitrogens with zero attached hydrogens (tertiary/aromatic N) is 2. The molecule has 0 bridgehead atoms. The largest absolute Gasteiger partial charge is 0.406 e. The van der Waals surface area contributed by atoms with Crippen LogP contribution in [0.3, 0.4) is 0 Å². The summed E-state index contributed by atoms with van der Waals surface area (Å²) in [5.41, 5.74) is 0.134. The van der Waals surface area contributed by atoms with Gasteiger partial charge < -0.3 is 10.2 Å². The molecule has 0 aromatic heterocycles. The molecule has 158 valence electrons. The van der Waals surface area contributed by atoms with Gasteiger partial charge in [-0.1, -0.05) is 29.8 Å². The summed E-state index contributed by atoms with van der Waals surface area (Å²) in [5.74, 6) is -1.54. The molecule has 3 rings (SSSR count). The van der Waals surface area contributed by atoms with Crippen molar-refractivity contribution in [2.24, 2.45) is 5.92 Å².